The average molecular weight is 332 g/mol. The Labute approximate surface area is 139 Å². The molecule has 1 atom stereocenters. The third-order valence-electron chi connectivity index (χ3n) is 3.20. The minimum Gasteiger partial charge on any atom is -0.452 e. The number of carbonyl (C=O) groups excluding carboxylic acids is 2. The Hall–Kier alpha value is -2.21. The van der Waals surface area contributed by atoms with E-state index in [0.717, 1.165) is 10.6 Å². The van der Waals surface area contributed by atoms with Gasteiger partial charge in [0.05, 0.1) is 12.1 Å². The van der Waals surface area contributed by atoms with E-state index in [4.69, 9.17) is 4.74 Å². The molecule has 0 saturated carbocycles. The quantitative estimate of drug-likeness (QED) is 0.826. The molecule has 0 saturated heterocycles. The molecule has 23 heavy (non-hydrogen) atoms. The smallest absolute Gasteiger partial charge is 0.312 e. The van der Waals surface area contributed by atoms with Gasteiger partial charge in [0.2, 0.25) is 0 Å². The molecule has 2 rings (SSSR count). The van der Waals surface area contributed by atoms with Gasteiger partial charge in [0.1, 0.15) is 5.01 Å². The van der Waals surface area contributed by atoms with Crippen molar-refractivity contribution in [2.24, 2.45) is 0 Å². The fourth-order valence-electron chi connectivity index (χ4n) is 1.98. The normalized spacial score (nSPS) is 11.8. The van der Waals surface area contributed by atoms with E-state index in [-0.39, 0.29) is 12.3 Å². The van der Waals surface area contributed by atoms with Gasteiger partial charge in [-0.25, -0.2) is 4.98 Å². The van der Waals surface area contributed by atoms with E-state index in [9.17, 15) is 9.59 Å². The number of likely N-dealkylation sites (N-methyl/N-ethyl adjacent to an activating group) is 1. The Kier molecular flexibility index (Phi) is 5.87. The zero-order chi connectivity index (χ0) is 16.8. The molecule has 6 heteroatoms. The van der Waals surface area contributed by atoms with Gasteiger partial charge in [-0.3, -0.25) is 9.59 Å². The van der Waals surface area contributed by atoms with E-state index in [1.165, 1.54) is 16.9 Å². The monoisotopic (exact) mass is 332 g/mol. The number of nitrogens with zero attached hydrogens (tertiary/aromatic N) is 1. The molecule has 1 aromatic heterocycles. The third kappa shape index (κ3) is 4.89. The summed E-state index contributed by atoms with van der Waals surface area (Å²) >= 11 is 1.49. The van der Waals surface area contributed by atoms with Gasteiger partial charge in [-0.15, -0.1) is 11.3 Å². The Morgan fingerprint density at radius 1 is 1.30 bits per heavy atom. The molecule has 0 radical (unpaired) electrons. The molecule has 0 spiro atoms. The molecule has 0 fully saturated rings. The maximum Gasteiger partial charge on any atom is 0.312 e. The second-order valence-corrected chi connectivity index (χ2v) is 6.07. The number of benzene rings is 1. The number of thiazole rings is 1. The number of ether oxygens (including phenoxy) is 1. The summed E-state index contributed by atoms with van der Waals surface area (Å²) in [7, 11) is 0. The van der Waals surface area contributed by atoms with Gasteiger partial charge < -0.3 is 10.1 Å². The fraction of sp³-hybridized carbons (Fsp3) is 0.353. The van der Waals surface area contributed by atoms with Crippen LogP contribution in [0.3, 0.4) is 0 Å². The summed E-state index contributed by atoms with van der Waals surface area (Å²) in [6.07, 6.45) is -0.732. The van der Waals surface area contributed by atoms with Crippen LogP contribution in [0.4, 0.5) is 0 Å². The number of amides is 1. The highest BCUT2D eigenvalue weighted by Crippen LogP contribution is 2.24. The van der Waals surface area contributed by atoms with Crippen LogP contribution >= 0.6 is 11.3 Å². The molecule has 0 bridgehead atoms. The van der Waals surface area contributed by atoms with Crippen LogP contribution < -0.4 is 5.32 Å². The molecule has 1 amide bonds. The summed E-state index contributed by atoms with van der Waals surface area (Å²) in [5.41, 5.74) is 2.86. The molecule has 0 aliphatic carbocycles. The first-order valence-corrected chi connectivity index (χ1v) is 8.36. The number of rotatable bonds is 6. The number of carbonyl (C=O) groups is 2. The third-order valence-corrected chi connectivity index (χ3v) is 4.14. The number of nitrogens with one attached hydrogen (secondary N) is 1. The van der Waals surface area contributed by atoms with Crippen LogP contribution in [0.25, 0.3) is 10.6 Å². The van der Waals surface area contributed by atoms with Gasteiger partial charge in [0.15, 0.2) is 6.10 Å². The number of aryl methyl sites for hydroxylation is 1. The van der Waals surface area contributed by atoms with Crippen molar-refractivity contribution in [2.75, 3.05) is 6.54 Å². The lowest BCUT2D eigenvalue weighted by molar-refractivity contribution is -0.154. The second-order valence-electron chi connectivity index (χ2n) is 5.21. The Morgan fingerprint density at radius 3 is 2.65 bits per heavy atom. The van der Waals surface area contributed by atoms with E-state index in [0.29, 0.717) is 12.2 Å². The van der Waals surface area contributed by atoms with Crippen molar-refractivity contribution < 1.29 is 14.3 Å². The van der Waals surface area contributed by atoms with Crippen LogP contribution in [0.15, 0.2) is 29.6 Å². The van der Waals surface area contributed by atoms with Crippen LogP contribution in [0.1, 0.15) is 25.1 Å². The Bertz CT molecular complexity index is 679. The maximum atomic E-state index is 11.9. The van der Waals surface area contributed by atoms with E-state index in [1.807, 2.05) is 43.5 Å². The van der Waals surface area contributed by atoms with Gasteiger partial charge in [0.25, 0.3) is 5.91 Å². The summed E-state index contributed by atoms with van der Waals surface area (Å²) < 4.78 is 5.11. The molecule has 2 aromatic rings. The van der Waals surface area contributed by atoms with Crippen LogP contribution in [0.2, 0.25) is 0 Å². The zero-order valence-corrected chi connectivity index (χ0v) is 14.3. The second kappa shape index (κ2) is 7.87. The molecule has 1 aromatic carbocycles. The van der Waals surface area contributed by atoms with E-state index in [2.05, 4.69) is 10.3 Å². The zero-order valence-electron chi connectivity index (χ0n) is 13.5. The lowest BCUT2D eigenvalue weighted by Crippen LogP contribution is -2.35. The maximum absolute atomic E-state index is 11.9. The lowest BCUT2D eigenvalue weighted by atomic mass is 10.2. The summed E-state index contributed by atoms with van der Waals surface area (Å²) in [6.45, 7) is 5.91. The Morgan fingerprint density at radius 2 is 2.00 bits per heavy atom. The van der Waals surface area contributed by atoms with Crippen molar-refractivity contribution in [3.05, 3.63) is 40.9 Å². The largest absolute Gasteiger partial charge is 0.452 e. The first-order chi connectivity index (χ1) is 11.0. The van der Waals surface area contributed by atoms with E-state index in [1.54, 1.807) is 6.92 Å². The highest BCUT2D eigenvalue weighted by Gasteiger charge is 2.18. The lowest BCUT2D eigenvalue weighted by Gasteiger charge is -2.11. The predicted molar refractivity (Wildman–Crippen MR) is 90.2 cm³/mol. The van der Waals surface area contributed by atoms with Gasteiger partial charge in [0, 0.05) is 17.5 Å². The number of aromatic nitrogens is 1. The van der Waals surface area contributed by atoms with Crippen LogP contribution in [0, 0.1) is 6.92 Å². The van der Waals surface area contributed by atoms with Gasteiger partial charge in [-0.1, -0.05) is 29.8 Å². The molecule has 5 nitrogen and oxygen atoms in total. The molecule has 122 valence electrons. The average Bonchev–Trinajstić information content (AvgIpc) is 2.96. The first-order valence-electron chi connectivity index (χ1n) is 7.48. The van der Waals surface area contributed by atoms with Crippen molar-refractivity contribution in [1.29, 1.82) is 0 Å². The van der Waals surface area contributed by atoms with E-state index >= 15 is 0 Å². The number of esters is 1. The highest BCUT2D eigenvalue weighted by atomic mass is 32.1. The molecule has 0 aliphatic rings. The fourth-order valence-corrected chi connectivity index (χ4v) is 2.80. The first kappa shape index (κ1) is 17.1. The Balaban J connectivity index is 1.95. The molecule has 1 heterocycles. The molecular formula is C17H20N2O3S. The molecule has 1 N–H and O–H groups in total. The molecular weight excluding hydrogens is 312 g/mol. The van der Waals surface area contributed by atoms with Gasteiger partial charge in [-0.2, -0.15) is 0 Å². The minimum atomic E-state index is -0.794. The predicted octanol–water partition coefficient (Wildman–Crippen LogP) is 2.73. The standard InChI is InChI=1S/C17H20N2O3S/c1-4-18-16(21)12(3)22-15(20)9-14-10-23-17(19-14)13-7-5-11(2)6-8-13/h5-8,10,12H,4,9H2,1-3H3,(H,18,21)/t12-/m1/s1. The van der Waals surface area contributed by atoms with Crippen molar-refractivity contribution in [3.8, 4) is 10.6 Å². The summed E-state index contributed by atoms with van der Waals surface area (Å²) in [4.78, 5) is 27.9. The number of hydrogen-bond donors (Lipinski definition) is 1. The van der Waals surface area contributed by atoms with Crippen molar-refractivity contribution >= 4 is 23.2 Å². The van der Waals surface area contributed by atoms with Gasteiger partial charge in [-0.05, 0) is 20.8 Å². The van der Waals surface area contributed by atoms with E-state index < -0.39 is 12.1 Å². The van der Waals surface area contributed by atoms with Gasteiger partial charge >= 0.3 is 5.97 Å². The van der Waals surface area contributed by atoms with Crippen molar-refractivity contribution in [3.63, 3.8) is 0 Å². The summed E-state index contributed by atoms with van der Waals surface area (Å²) in [5.74, 6) is -0.746. The highest BCUT2D eigenvalue weighted by molar-refractivity contribution is 7.13. The SMILES string of the molecule is CCNC(=O)[C@@H](C)OC(=O)Cc1csc(-c2ccc(C)cc2)n1. The molecule has 0 aliphatic heterocycles. The topological polar surface area (TPSA) is 68.3 Å². The summed E-state index contributed by atoms with van der Waals surface area (Å²) in [6, 6.07) is 8.07. The summed E-state index contributed by atoms with van der Waals surface area (Å²) in [5, 5.41) is 5.32. The van der Waals surface area contributed by atoms with Crippen molar-refractivity contribution in [1.82, 2.24) is 10.3 Å². The van der Waals surface area contributed by atoms with Crippen LogP contribution in [0.5, 0.6) is 0 Å². The van der Waals surface area contributed by atoms with Crippen LogP contribution in [-0.2, 0) is 20.7 Å². The number of hydrogen-bond acceptors (Lipinski definition) is 5. The minimum absolute atomic E-state index is 0.0616. The molecule has 0 unspecified atom stereocenters. The van der Waals surface area contributed by atoms with Crippen molar-refractivity contribution in [2.45, 2.75) is 33.3 Å². The van der Waals surface area contributed by atoms with Crippen LogP contribution in [-0.4, -0.2) is 29.5 Å².